The average molecular weight is 509 g/mol. The molecular formula is C28H32N2O5S. The predicted molar refractivity (Wildman–Crippen MR) is 142 cm³/mol. The van der Waals surface area contributed by atoms with Crippen LogP contribution in [-0.4, -0.2) is 27.4 Å². The summed E-state index contributed by atoms with van der Waals surface area (Å²) in [5, 5.41) is 8.25. The molecule has 8 heteroatoms. The van der Waals surface area contributed by atoms with Crippen LogP contribution in [0.25, 0.3) is 0 Å². The van der Waals surface area contributed by atoms with E-state index < -0.39 is 16.0 Å². The van der Waals surface area contributed by atoms with Gasteiger partial charge in [0.05, 0.1) is 17.6 Å². The summed E-state index contributed by atoms with van der Waals surface area (Å²) >= 11 is 0. The lowest BCUT2D eigenvalue weighted by atomic mass is 9.87. The largest absolute Gasteiger partial charge is 0.465 e. The molecule has 2 N–H and O–H groups in total. The van der Waals surface area contributed by atoms with E-state index in [4.69, 9.17) is 14.9 Å². The number of anilines is 1. The molecule has 0 spiro atoms. The first-order valence-electron chi connectivity index (χ1n) is 11.5. The van der Waals surface area contributed by atoms with E-state index in [2.05, 4.69) is 25.5 Å². The zero-order valence-corrected chi connectivity index (χ0v) is 22.2. The molecule has 0 radical (unpaired) electrons. The minimum absolute atomic E-state index is 0.00984. The fourth-order valence-corrected chi connectivity index (χ4v) is 4.68. The molecule has 0 aromatic heterocycles. The Labute approximate surface area is 213 Å². The molecular weight excluding hydrogens is 476 g/mol. The lowest BCUT2D eigenvalue weighted by molar-refractivity contribution is 0.0598. The molecule has 0 aliphatic rings. The summed E-state index contributed by atoms with van der Waals surface area (Å²) in [7, 11) is -2.70. The van der Waals surface area contributed by atoms with Crippen LogP contribution in [0.1, 0.15) is 67.6 Å². The average Bonchev–Trinajstić information content (AvgIpc) is 2.83. The Morgan fingerprint density at radius 1 is 0.944 bits per heavy atom. The minimum Gasteiger partial charge on any atom is -0.465 e. The van der Waals surface area contributed by atoms with Crippen LogP contribution in [0.3, 0.4) is 0 Å². The molecule has 3 aromatic rings. The first-order chi connectivity index (χ1) is 16.8. The Morgan fingerprint density at radius 2 is 1.56 bits per heavy atom. The van der Waals surface area contributed by atoms with Crippen LogP contribution in [0, 0.1) is 5.41 Å². The monoisotopic (exact) mass is 508 g/mol. The van der Waals surface area contributed by atoms with Crippen molar-refractivity contribution in [1.82, 2.24) is 0 Å². The van der Waals surface area contributed by atoms with E-state index in [1.54, 1.807) is 30.3 Å². The number of ether oxygens (including phenoxy) is 2. The Hall–Kier alpha value is -3.65. The van der Waals surface area contributed by atoms with Crippen LogP contribution in [0.15, 0.2) is 71.6 Å². The van der Waals surface area contributed by atoms with Gasteiger partial charge in [0.15, 0.2) is 0 Å². The number of esters is 1. The summed E-state index contributed by atoms with van der Waals surface area (Å²) in [5.74, 6) is -0.180. The highest BCUT2D eigenvalue weighted by Crippen LogP contribution is 2.26. The van der Waals surface area contributed by atoms with Crippen molar-refractivity contribution < 1.29 is 22.7 Å². The molecule has 0 aliphatic carbocycles. The number of nitrogens with one attached hydrogen (secondary N) is 2. The fourth-order valence-electron chi connectivity index (χ4n) is 3.60. The maximum absolute atomic E-state index is 13.0. The third-order valence-corrected chi connectivity index (χ3v) is 7.08. The minimum atomic E-state index is -3.96. The Kier molecular flexibility index (Phi) is 7.89. The summed E-state index contributed by atoms with van der Waals surface area (Å²) in [6, 6.07) is 18.3. The molecule has 0 fully saturated rings. The van der Waals surface area contributed by atoms with Gasteiger partial charge < -0.3 is 9.47 Å². The highest BCUT2D eigenvalue weighted by molar-refractivity contribution is 7.92. The normalized spacial score (nSPS) is 11.8. The third kappa shape index (κ3) is 6.31. The van der Waals surface area contributed by atoms with E-state index in [1.807, 2.05) is 38.1 Å². The molecule has 0 saturated heterocycles. The van der Waals surface area contributed by atoms with Crippen LogP contribution in [0.4, 0.5) is 5.69 Å². The number of carbonyl (C=O) groups is 1. The Balaban J connectivity index is 1.74. The molecule has 0 bridgehead atoms. The summed E-state index contributed by atoms with van der Waals surface area (Å²) in [6.45, 7) is 10.2. The first kappa shape index (κ1) is 26.9. The zero-order chi connectivity index (χ0) is 26.7. The zero-order valence-electron chi connectivity index (χ0n) is 21.4. The van der Waals surface area contributed by atoms with Crippen LogP contribution in [0.2, 0.25) is 0 Å². The van der Waals surface area contributed by atoms with Crippen molar-refractivity contribution >= 4 is 27.6 Å². The smallest absolute Gasteiger partial charge is 0.338 e. The predicted octanol–water partition coefficient (Wildman–Crippen LogP) is 6.10. The van der Waals surface area contributed by atoms with Crippen molar-refractivity contribution in [3.8, 4) is 5.75 Å². The van der Waals surface area contributed by atoms with Gasteiger partial charge in [0.25, 0.3) is 10.0 Å². The molecule has 7 nitrogen and oxygen atoms in total. The second-order valence-electron chi connectivity index (χ2n) is 9.78. The van der Waals surface area contributed by atoms with Gasteiger partial charge in [-0.25, -0.2) is 13.2 Å². The molecule has 3 aromatic carbocycles. The van der Waals surface area contributed by atoms with Gasteiger partial charge in [-0.15, -0.1) is 0 Å². The Morgan fingerprint density at radius 3 is 2.08 bits per heavy atom. The highest BCUT2D eigenvalue weighted by atomic mass is 32.2. The van der Waals surface area contributed by atoms with Crippen LogP contribution < -0.4 is 9.46 Å². The summed E-state index contributed by atoms with van der Waals surface area (Å²) in [4.78, 5) is 12.1. The maximum Gasteiger partial charge on any atom is 0.338 e. The van der Waals surface area contributed by atoms with E-state index in [9.17, 15) is 13.2 Å². The molecule has 0 unspecified atom stereocenters. The highest BCUT2D eigenvalue weighted by Gasteiger charge is 2.21. The van der Waals surface area contributed by atoms with Crippen molar-refractivity contribution in [3.05, 3.63) is 89.0 Å². The van der Waals surface area contributed by atoms with Crippen molar-refractivity contribution in [1.29, 1.82) is 5.41 Å². The molecule has 190 valence electrons. The van der Waals surface area contributed by atoms with E-state index in [1.165, 1.54) is 19.2 Å². The van der Waals surface area contributed by atoms with E-state index >= 15 is 0 Å². The molecule has 3 rings (SSSR count). The van der Waals surface area contributed by atoms with Gasteiger partial charge in [-0.3, -0.25) is 10.1 Å². The van der Waals surface area contributed by atoms with E-state index in [0.717, 1.165) is 5.56 Å². The fraction of sp³-hybridized carbons (Fsp3) is 0.286. The quantitative estimate of drug-likeness (QED) is 0.228. The van der Waals surface area contributed by atoms with Gasteiger partial charge in [-0.2, -0.15) is 0 Å². The molecule has 0 saturated carbocycles. The number of rotatable bonds is 7. The summed E-state index contributed by atoms with van der Waals surface area (Å²) < 4.78 is 38.9. The third-order valence-electron chi connectivity index (χ3n) is 5.70. The van der Waals surface area contributed by atoms with Gasteiger partial charge in [-0.05, 0) is 71.0 Å². The van der Waals surface area contributed by atoms with Gasteiger partial charge in [-0.1, -0.05) is 52.8 Å². The van der Waals surface area contributed by atoms with Gasteiger partial charge >= 0.3 is 5.97 Å². The molecule has 0 aliphatic heterocycles. The van der Waals surface area contributed by atoms with Crippen LogP contribution in [0.5, 0.6) is 5.75 Å². The van der Waals surface area contributed by atoms with Crippen molar-refractivity contribution in [3.63, 3.8) is 0 Å². The molecule has 0 atom stereocenters. The first-order valence-corrected chi connectivity index (χ1v) is 13.0. The molecule has 0 heterocycles. The van der Waals surface area contributed by atoms with E-state index in [0.29, 0.717) is 22.6 Å². The van der Waals surface area contributed by atoms with Crippen molar-refractivity contribution in [2.75, 3.05) is 11.8 Å². The number of methoxy groups -OCH3 is 1. The van der Waals surface area contributed by atoms with E-state index in [-0.39, 0.29) is 27.7 Å². The van der Waals surface area contributed by atoms with Crippen LogP contribution >= 0.6 is 0 Å². The van der Waals surface area contributed by atoms with Gasteiger partial charge in [0.2, 0.25) is 5.90 Å². The second kappa shape index (κ2) is 10.5. The van der Waals surface area contributed by atoms with Gasteiger partial charge in [0, 0.05) is 11.3 Å². The maximum atomic E-state index is 13.0. The number of carbonyl (C=O) groups excluding carboxylic acids is 1. The van der Waals surface area contributed by atoms with Gasteiger partial charge in [0.1, 0.15) is 5.75 Å². The second-order valence-corrected chi connectivity index (χ2v) is 11.5. The number of sulfonamides is 1. The number of hydrogen-bond donors (Lipinski definition) is 2. The molecule has 36 heavy (non-hydrogen) atoms. The Bertz CT molecular complexity index is 1350. The van der Waals surface area contributed by atoms with Crippen molar-refractivity contribution in [2.24, 2.45) is 0 Å². The van der Waals surface area contributed by atoms with Crippen LogP contribution in [-0.2, 0) is 20.2 Å². The molecule has 0 amide bonds. The van der Waals surface area contributed by atoms with Crippen molar-refractivity contribution in [2.45, 2.75) is 50.8 Å². The lowest BCUT2D eigenvalue weighted by Gasteiger charge is -2.19. The lowest BCUT2D eigenvalue weighted by Crippen LogP contribution is -2.15. The summed E-state index contributed by atoms with van der Waals surface area (Å²) in [6.07, 6.45) is 0. The standard InChI is InChI=1S/C28H32N2O5S/c1-18(2)24-16-15-23(17-25(24)27(31)34-6)36(32,33)30-21-11-13-22(14-12-21)35-26(29)19-7-9-20(10-8-19)28(3,4)5/h7-18,29-30H,1-6H3. The summed E-state index contributed by atoms with van der Waals surface area (Å²) in [5.41, 5.74) is 3.05. The number of hydrogen-bond acceptors (Lipinski definition) is 6. The number of benzene rings is 3. The SMILES string of the molecule is COC(=O)c1cc(S(=O)(=O)Nc2ccc(OC(=N)c3ccc(C(C)(C)C)cc3)cc2)ccc1C(C)C. The topological polar surface area (TPSA) is 106 Å².